The molecular formula is C29H23NOS. The molecular weight excluding hydrogens is 410 g/mol. The molecule has 0 unspecified atom stereocenters. The third kappa shape index (κ3) is 2.74. The summed E-state index contributed by atoms with van der Waals surface area (Å²) in [6.07, 6.45) is 0. The van der Waals surface area contributed by atoms with Crippen LogP contribution in [0.5, 0.6) is 0 Å². The number of fused-ring (bicyclic) bond motifs is 4. The molecule has 2 heterocycles. The van der Waals surface area contributed by atoms with E-state index in [9.17, 15) is 0 Å². The number of nitrogens with zero attached hydrogens (tertiary/aromatic N) is 1. The highest BCUT2D eigenvalue weighted by Gasteiger charge is 2.17. The molecule has 0 bridgehead atoms. The molecule has 0 N–H and O–H groups in total. The zero-order valence-corrected chi connectivity index (χ0v) is 19.4. The molecule has 0 saturated carbocycles. The Morgan fingerprint density at radius 3 is 2.16 bits per heavy atom. The second-order valence-electron chi connectivity index (χ2n) is 8.55. The van der Waals surface area contributed by atoms with Crippen LogP contribution in [0.4, 0.5) is 0 Å². The van der Waals surface area contributed by atoms with Gasteiger partial charge in [-0.2, -0.15) is 0 Å². The van der Waals surface area contributed by atoms with Crippen LogP contribution in [-0.4, -0.2) is 4.98 Å². The molecule has 4 aromatic carbocycles. The average molecular weight is 434 g/mol. The summed E-state index contributed by atoms with van der Waals surface area (Å²) in [5.74, 6) is 0.683. The van der Waals surface area contributed by atoms with Gasteiger partial charge in [-0.25, -0.2) is 4.98 Å². The van der Waals surface area contributed by atoms with Crippen LogP contribution in [0, 0.1) is 27.7 Å². The summed E-state index contributed by atoms with van der Waals surface area (Å²) < 4.78 is 8.91. The van der Waals surface area contributed by atoms with Gasteiger partial charge in [-0.15, -0.1) is 11.3 Å². The van der Waals surface area contributed by atoms with Crippen molar-refractivity contribution in [3.63, 3.8) is 0 Å². The molecule has 2 aromatic heterocycles. The summed E-state index contributed by atoms with van der Waals surface area (Å²) in [6.45, 7) is 8.57. The van der Waals surface area contributed by atoms with E-state index in [1.165, 1.54) is 53.6 Å². The molecule has 0 aliphatic carbocycles. The SMILES string of the molecule is Cc1c(C)c(C)c2oc(-c3ccc(-c4cccc5c4sc4ccccc45)cc3)nc2c1C. The first-order valence-corrected chi connectivity index (χ1v) is 11.7. The number of hydrogen-bond acceptors (Lipinski definition) is 3. The molecule has 0 fully saturated rings. The average Bonchev–Trinajstić information content (AvgIpc) is 3.44. The summed E-state index contributed by atoms with van der Waals surface area (Å²) in [7, 11) is 0. The molecule has 0 aliphatic heterocycles. The fourth-order valence-corrected chi connectivity index (χ4v) is 5.87. The van der Waals surface area contributed by atoms with Crippen LogP contribution in [0.25, 0.3) is 53.9 Å². The van der Waals surface area contributed by atoms with Crippen LogP contribution in [0.15, 0.2) is 71.1 Å². The molecule has 6 rings (SSSR count). The Bertz CT molecular complexity index is 1610. The number of thiophene rings is 1. The van der Waals surface area contributed by atoms with Gasteiger partial charge >= 0.3 is 0 Å². The van der Waals surface area contributed by atoms with Crippen molar-refractivity contribution in [1.29, 1.82) is 0 Å². The van der Waals surface area contributed by atoms with Gasteiger partial charge in [0, 0.05) is 25.7 Å². The minimum Gasteiger partial charge on any atom is -0.436 e. The fourth-order valence-electron chi connectivity index (χ4n) is 4.63. The molecule has 32 heavy (non-hydrogen) atoms. The van der Waals surface area contributed by atoms with Crippen molar-refractivity contribution < 1.29 is 4.42 Å². The highest BCUT2D eigenvalue weighted by molar-refractivity contribution is 7.26. The van der Waals surface area contributed by atoms with E-state index in [4.69, 9.17) is 9.40 Å². The first-order chi connectivity index (χ1) is 15.5. The van der Waals surface area contributed by atoms with Crippen molar-refractivity contribution in [3.05, 3.63) is 89.0 Å². The van der Waals surface area contributed by atoms with Crippen molar-refractivity contribution >= 4 is 42.6 Å². The Balaban J connectivity index is 1.46. The molecule has 0 aliphatic rings. The monoisotopic (exact) mass is 433 g/mol. The Morgan fingerprint density at radius 1 is 0.656 bits per heavy atom. The lowest BCUT2D eigenvalue weighted by molar-refractivity contribution is 0.617. The van der Waals surface area contributed by atoms with Crippen LogP contribution >= 0.6 is 11.3 Å². The van der Waals surface area contributed by atoms with Gasteiger partial charge in [0.1, 0.15) is 5.52 Å². The van der Waals surface area contributed by atoms with Gasteiger partial charge in [0.05, 0.1) is 0 Å². The summed E-state index contributed by atoms with van der Waals surface area (Å²) in [6, 6.07) is 23.8. The number of aromatic nitrogens is 1. The van der Waals surface area contributed by atoms with Gasteiger partial charge in [-0.05, 0) is 79.3 Å². The van der Waals surface area contributed by atoms with Crippen molar-refractivity contribution in [2.24, 2.45) is 0 Å². The van der Waals surface area contributed by atoms with E-state index >= 15 is 0 Å². The maximum atomic E-state index is 6.25. The molecule has 0 spiro atoms. The third-order valence-corrected chi connectivity index (χ3v) is 8.08. The van der Waals surface area contributed by atoms with E-state index in [1.54, 1.807) is 0 Å². The third-order valence-electron chi connectivity index (χ3n) is 6.86. The maximum Gasteiger partial charge on any atom is 0.227 e. The van der Waals surface area contributed by atoms with Crippen molar-refractivity contribution in [2.75, 3.05) is 0 Å². The summed E-state index contributed by atoms with van der Waals surface area (Å²) in [5, 5.41) is 2.65. The molecule has 156 valence electrons. The molecule has 0 saturated heterocycles. The number of benzene rings is 4. The van der Waals surface area contributed by atoms with E-state index in [-0.39, 0.29) is 0 Å². The molecule has 0 radical (unpaired) electrons. The zero-order valence-electron chi connectivity index (χ0n) is 18.6. The van der Waals surface area contributed by atoms with Gasteiger partial charge in [0.25, 0.3) is 0 Å². The Morgan fingerprint density at radius 2 is 1.34 bits per heavy atom. The quantitative estimate of drug-likeness (QED) is 0.273. The van der Waals surface area contributed by atoms with Crippen molar-refractivity contribution in [3.8, 4) is 22.6 Å². The normalized spacial score (nSPS) is 11.8. The van der Waals surface area contributed by atoms with Crippen LogP contribution in [0.3, 0.4) is 0 Å². The molecule has 0 atom stereocenters. The van der Waals surface area contributed by atoms with E-state index in [1.807, 2.05) is 11.3 Å². The lowest BCUT2D eigenvalue weighted by Crippen LogP contribution is -1.92. The Kier molecular flexibility index (Phi) is 4.24. The van der Waals surface area contributed by atoms with Gasteiger partial charge in [0.2, 0.25) is 5.89 Å². The standard InChI is InChI=1S/C29H23NOS/c1-16-17(2)19(4)27-26(18(16)3)30-29(31-27)21-14-12-20(13-15-21)22-9-7-10-24-23-8-5-6-11-25(23)32-28(22)24/h5-15H,1-4H3. The maximum absolute atomic E-state index is 6.25. The van der Waals surface area contributed by atoms with E-state index < -0.39 is 0 Å². The number of hydrogen-bond donors (Lipinski definition) is 0. The molecule has 2 nitrogen and oxygen atoms in total. The Labute approximate surface area is 191 Å². The van der Waals surface area contributed by atoms with Crippen molar-refractivity contribution in [1.82, 2.24) is 4.98 Å². The molecule has 3 heteroatoms. The number of rotatable bonds is 2. The first-order valence-electron chi connectivity index (χ1n) is 10.9. The number of aryl methyl sites for hydroxylation is 2. The molecule has 0 amide bonds. The van der Waals surface area contributed by atoms with Gasteiger partial charge in [0.15, 0.2) is 5.58 Å². The van der Waals surface area contributed by atoms with E-state index in [0.717, 1.165) is 16.7 Å². The van der Waals surface area contributed by atoms with Crippen LogP contribution < -0.4 is 0 Å². The lowest BCUT2D eigenvalue weighted by Gasteiger charge is -2.08. The van der Waals surface area contributed by atoms with Gasteiger partial charge < -0.3 is 4.42 Å². The second kappa shape index (κ2) is 7.04. The van der Waals surface area contributed by atoms with E-state index in [2.05, 4.69) is 94.4 Å². The Hall–Kier alpha value is -3.43. The largest absolute Gasteiger partial charge is 0.436 e. The highest BCUT2D eigenvalue weighted by atomic mass is 32.1. The first kappa shape index (κ1) is 19.3. The molecule has 6 aromatic rings. The topological polar surface area (TPSA) is 26.0 Å². The zero-order chi connectivity index (χ0) is 22.0. The lowest BCUT2D eigenvalue weighted by atomic mass is 9.98. The summed E-state index contributed by atoms with van der Waals surface area (Å²) in [5.41, 5.74) is 10.3. The minimum atomic E-state index is 0.683. The summed E-state index contributed by atoms with van der Waals surface area (Å²) in [4.78, 5) is 4.86. The highest BCUT2D eigenvalue weighted by Crippen LogP contribution is 2.40. The fraction of sp³-hybridized carbons (Fsp3) is 0.138. The van der Waals surface area contributed by atoms with Crippen LogP contribution in [-0.2, 0) is 0 Å². The smallest absolute Gasteiger partial charge is 0.227 e. The predicted molar refractivity (Wildman–Crippen MR) is 137 cm³/mol. The predicted octanol–water partition coefficient (Wildman–Crippen LogP) is 8.76. The van der Waals surface area contributed by atoms with E-state index in [0.29, 0.717) is 5.89 Å². The minimum absolute atomic E-state index is 0.683. The number of oxazole rings is 1. The van der Waals surface area contributed by atoms with Crippen LogP contribution in [0.2, 0.25) is 0 Å². The van der Waals surface area contributed by atoms with Crippen LogP contribution in [0.1, 0.15) is 22.3 Å². The van der Waals surface area contributed by atoms with Gasteiger partial charge in [-0.3, -0.25) is 0 Å². The van der Waals surface area contributed by atoms with Gasteiger partial charge in [-0.1, -0.05) is 48.5 Å². The summed E-state index contributed by atoms with van der Waals surface area (Å²) >= 11 is 1.86. The second-order valence-corrected chi connectivity index (χ2v) is 9.61. The van der Waals surface area contributed by atoms with Crippen molar-refractivity contribution in [2.45, 2.75) is 27.7 Å².